The summed E-state index contributed by atoms with van der Waals surface area (Å²) in [7, 11) is 0. The Morgan fingerprint density at radius 1 is 1.50 bits per heavy atom. The number of fused-ring (bicyclic) bond motifs is 1. The quantitative estimate of drug-likeness (QED) is 0.465. The Labute approximate surface area is 109 Å². The molecule has 0 bridgehead atoms. The first kappa shape index (κ1) is 13.1. The van der Waals surface area contributed by atoms with Gasteiger partial charge in [0, 0.05) is 17.7 Å². The third-order valence-electron chi connectivity index (χ3n) is 2.69. The highest BCUT2D eigenvalue weighted by Crippen LogP contribution is 2.22. The highest BCUT2D eigenvalue weighted by atomic mass is 32.2. The van der Waals surface area contributed by atoms with Crippen LogP contribution in [-0.2, 0) is 17.7 Å². The summed E-state index contributed by atoms with van der Waals surface area (Å²) in [5, 5.41) is 6.09. The molecule has 1 aliphatic heterocycles. The summed E-state index contributed by atoms with van der Waals surface area (Å²) in [6.45, 7) is 3.21. The molecule has 2 heterocycles. The van der Waals surface area contributed by atoms with E-state index < -0.39 is 11.2 Å². The van der Waals surface area contributed by atoms with Crippen LogP contribution < -0.4 is 10.6 Å². The van der Waals surface area contributed by atoms with E-state index in [9.17, 15) is 9.35 Å². The van der Waals surface area contributed by atoms with Gasteiger partial charge >= 0.3 is 5.16 Å². The van der Waals surface area contributed by atoms with E-state index >= 15 is 0 Å². The first-order valence-electron chi connectivity index (χ1n) is 5.90. The molecule has 0 radical (unpaired) electrons. The van der Waals surface area contributed by atoms with Crippen LogP contribution in [0.15, 0.2) is 5.16 Å². The number of hydrogen-bond donors (Lipinski definition) is 2. The highest BCUT2D eigenvalue weighted by Gasteiger charge is 2.28. The van der Waals surface area contributed by atoms with Crippen molar-refractivity contribution < 1.29 is 9.35 Å². The van der Waals surface area contributed by atoms with Crippen LogP contribution in [0.4, 0.5) is 5.82 Å². The van der Waals surface area contributed by atoms with E-state index in [0.29, 0.717) is 23.6 Å². The van der Waals surface area contributed by atoms with Gasteiger partial charge in [-0.05, 0) is 6.42 Å². The minimum Gasteiger partial charge on any atom is -0.609 e. The zero-order valence-corrected chi connectivity index (χ0v) is 11.3. The van der Waals surface area contributed by atoms with Crippen molar-refractivity contribution in [1.29, 1.82) is 0 Å². The molecule has 1 atom stereocenters. The second kappa shape index (κ2) is 5.53. The van der Waals surface area contributed by atoms with Crippen molar-refractivity contribution in [3.8, 4) is 0 Å². The molecule has 18 heavy (non-hydrogen) atoms. The lowest BCUT2D eigenvalue weighted by atomic mass is 10.2. The van der Waals surface area contributed by atoms with E-state index in [-0.39, 0.29) is 11.1 Å². The second-order valence-corrected chi connectivity index (χ2v) is 5.37. The van der Waals surface area contributed by atoms with Gasteiger partial charge in [0.05, 0.1) is 12.2 Å². The molecule has 0 spiro atoms. The molecule has 0 saturated heterocycles. The maximum atomic E-state index is 11.7. The molecule has 0 saturated carbocycles. The summed E-state index contributed by atoms with van der Waals surface area (Å²) < 4.78 is 11.5. The number of nitrogens with zero attached hydrogens (tertiary/aromatic N) is 2. The van der Waals surface area contributed by atoms with Gasteiger partial charge in [0.15, 0.2) is 0 Å². The Hall–Kier alpha value is -1.34. The van der Waals surface area contributed by atoms with E-state index in [1.54, 1.807) is 0 Å². The predicted molar refractivity (Wildman–Crippen MR) is 68.9 cm³/mol. The molecule has 1 aromatic rings. The number of nitrogens with one attached hydrogen (secondary N) is 2. The number of unbranched alkanes of at least 4 members (excludes halogenated alkanes) is 1. The number of aromatic nitrogens is 2. The van der Waals surface area contributed by atoms with Gasteiger partial charge in [0.2, 0.25) is 0 Å². The smallest absolute Gasteiger partial charge is 0.344 e. The fraction of sp³-hybridized carbons (Fsp3) is 0.545. The summed E-state index contributed by atoms with van der Waals surface area (Å²) in [5.41, 5.74) is 1.11. The SMILES string of the molecule is CCCCNc1nc([S+](C)[O-])nc2c1C(=O)NC2. The molecule has 1 aliphatic rings. The predicted octanol–water partition coefficient (Wildman–Crippen LogP) is 0.669. The normalized spacial score (nSPS) is 15.2. The van der Waals surface area contributed by atoms with Crippen LogP contribution >= 0.6 is 0 Å². The van der Waals surface area contributed by atoms with Gasteiger partial charge in [-0.15, -0.1) is 0 Å². The van der Waals surface area contributed by atoms with E-state index in [2.05, 4.69) is 27.5 Å². The lowest BCUT2D eigenvalue weighted by Gasteiger charge is -2.10. The molecule has 7 heteroatoms. The minimum atomic E-state index is -1.25. The number of amides is 1. The van der Waals surface area contributed by atoms with Crippen molar-refractivity contribution in [1.82, 2.24) is 15.3 Å². The Bertz CT molecular complexity index is 465. The zero-order valence-electron chi connectivity index (χ0n) is 10.4. The molecule has 2 N–H and O–H groups in total. The molecular weight excluding hydrogens is 252 g/mol. The lowest BCUT2D eigenvalue weighted by Crippen LogP contribution is -2.16. The van der Waals surface area contributed by atoms with Gasteiger partial charge in [-0.3, -0.25) is 4.79 Å². The van der Waals surface area contributed by atoms with Crippen LogP contribution in [0, 0.1) is 0 Å². The number of rotatable bonds is 5. The largest absolute Gasteiger partial charge is 0.609 e. The van der Waals surface area contributed by atoms with E-state index in [0.717, 1.165) is 19.4 Å². The summed E-state index contributed by atoms with van der Waals surface area (Å²) in [4.78, 5) is 20.0. The molecule has 0 aliphatic carbocycles. The lowest BCUT2D eigenvalue weighted by molar-refractivity contribution is 0.0966. The van der Waals surface area contributed by atoms with Gasteiger partial charge in [-0.25, -0.2) is 0 Å². The van der Waals surface area contributed by atoms with Crippen molar-refractivity contribution in [3.05, 3.63) is 11.3 Å². The maximum absolute atomic E-state index is 11.7. The van der Waals surface area contributed by atoms with Gasteiger partial charge < -0.3 is 15.2 Å². The van der Waals surface area contributed by atoms with Crippen molar-refractivity contribution in [2.45, 2.75) is 31.5 Å². The van der Waals surface area contributed by atoms with Crippen LogP contribution in [0.2, 0.25) is 0 Å². The molecule has 1 amide bonds. The van der Waals surface area contributed by atoms with E-state index in [1.807, 2.05) is 0 Å². The van der Waals surface area contributed by atoms with Crippen LogP contribution in [-0.4, -0.2) is 33.2 Å². The van der Waals surface area contributed by atoms with Crippen LogP contribution in [0.1, 0.15) is 35.8 Å². The fourth-order valence-corrected chi connectivity index (χ4v) is 2.20. The first-order chi connectivity index (χ1) is 8.63. The van der Waals surface area contributed by atoms with Gasteiger partial charge in [0.1, 0.15) is 17.6 Å². The third-order valence-corrected chi connectivity index (χ3v) is 3.38. The van der Waals surface area contributed by atoms with Crippen molar-refractivity contribution in [2.24, 2.45) is 0 Å². The molecule has 2 rings (SSSR count). The number of carbonyl (C=O) groups excluding carboxylic acids is 1. The number of hydrogen-bond acceptors (Lipinski definition) is 5. The van der Waals surface area contributed by atoms with Crippen LogP contribution in [0.25, 0.3) is 0 Å². The van der Waals surface area contributed by atoms with Crippen molar-refractivity contribution in [2.75, 3.05) is 18.1 Å². The molecule has 0 aromatic carbocycles. The Morgan fingerprint density at radius 2 is 2.28 bits per heavy atom. The summed E-state index contributed by atoms with van der Waals surface area (Å²) >= 11 is -1.25. The average Bonchev–Trinajstić information content (AvgIpc) is 2.71. The van der Waals surface area contributed by atoms with E-state index in [4.69, 9.17) is 0 Å². The Balaban J connectivity index is 2.32. The van der Waals surface area contributed by atoms with Gasteiger partial charge in [-0.2, -0.15) is 9.97 Å². The van der Waals surface area contributed by atoms with Crippen molar-refractivity contribution in [3.63, 3.8) is 0 Å². The monoisotopic (exact) mass is 268 g/mol. The summed E-state index contributed by atoms with van der Waals surface area (Å²) in [6, 6.07) is 0. The Kier molecular flexibility index (Phi) is 4.03. The van der Waals surface area contributed by atoms with Gasteiger partial charge in [0.25, 0.3) is 5.91 Å². The topological polar surface area (TPSA) is 90.0 Å². The average molecular weight is 268 g/mol. The zero-order chi connectivity index (χ0) is 13.1. The number of carbonyl (C=O) groups is 1. The molecule has 1 aromatic heterocycles. The Morgan fingerprint density at radius 3 is 2.94 bits per heavy atom. The summed E-state index contributed by atoms with van der Waals surface area (Å²) in [6.07, 6.45) is 3.58. The minimum absolute atomic E-state index is 0.169. The molecule has 1 unspecified atom stereocenters. The molecule has 98 valence electrons. The van der Waals surface area contributed by atoms with Gasteiger partial charge in [-0.1, -0.05) is 13.3 Å². The number of anilines is 1. The van der Waals surface area contributed by atoms with E-state index in [1.165, 1.54) is 6.26 Å². The maximum Gasteiger partial charge on any atom is 0.344 e. The van der Waals surface area contributed by atoms with Crippen LogP contribution in [0.5, 0.6) is 0 Å². The molecule has 0 fully saturated rings. The van der Waals surface area contributed by atoms with Crippen molar-refractivity contribution >= 4 is 22.9 Å². The second-order valence-electron chi connectivity index (χ2n) is 4.09. The molecule has 6 nitrogen and oxygen atoms in total. The first-order valence-corrected chi connectivity index (χ1v) is 7.45. The van der Waals surface area contributed by atoms with Crippen LogP contribution in [0.3, 0.4) is 0 Å². The fourth-order valence-electron chi connectivity index (χ4n) is 1.74. The third kappa shape index (κ3) is 2.56. The highest BCUT2D eigenvalue weighted by molar-refractivity contribution is 7.90. The standard InChI is InChI=1S/C11H16N4O2S/c1-3-4-5-12-9-8-7(6-13-10(8)16)14-11(15-9)18(2)17/h3-6H2,1-2H3,(H,13,16)(H,12,14,15). The summed E-state index contributed by atoms with van der Waals surface area (Å²) in [5.74, 6) is 0.325. The molecular formula is C11H16N4O2S.